The van der Waals surface area contributed by atoms with Crippen molar-refractivity contribution in [3.05, 3.63) is 35.4 Å². The summed E-state index contributed by atoms with van der Waals surface area (Å²) in [5.41, 5.74) is 1.20. The van der Waals surface area contributed by atoms with E-state index in [4.69, 9.17) is 5.11 Å². The van der Waals surface area contributed by atoms with Crippen LogP contribution in [-0.4, -0.2) is 36.1 Å². The van der Waals surface area contributed by atoms with Crippen molar-refractivity contribution >= 4 is 11.9 Å². The minimum atomic E-state index is -0.928. The van der Waals surface area contributed by atoms with Crippen molar-refractivity contribution in [2.75, 3.05) is 13.1 Å². The van der Waals surface area contributed by atoms with Crippen molar-refractivity contribution in [1.82, 2.24) is 10.6 Å². The summed E-state index contributed by atoms with van der Waals surface area (Å²) in [5, 5.41) is 15.1. The topological polar surface area (TPSA) is 78.4 Å². The first-order valence-electron chi connectivity index (χ1n) is 6.97. The zero-order valence-electron chi connectivity index (χ0n) is 11.4. The molecule has 5 nitrogen and oxygen atoms in total. The zero-order valence-corrected chi connectivity index (χ0v) is 11.4. The van der Waals surface area contributed by atoms with E-state index >= 15 is 0 Å². The smallest absolute Gasteiger partial charge is 0.335 e. The second-order valence-electron chi connectivity index (χ2n) is 5.10. The lowest BCUT2D eigenvalue weighted by Gasteiger charge is -2.10. The van der Waals surface area contributed by atoms with Crippen LogP contribution in [0.4, 0.5) is 0 Å². The zero-order chi connectivity index (χ0) is 14.4. The molecule has 108 valence electrons. The van der Waals surface area contributed by atoms with Gasteiger partial charge in [0.05, 0.1) is 5.56 Å². The van der Waals surface area contributed by atoms with E-state index < -0.39 is 5.97 Å². The number of carbonyl (C=O) groups excluding carboxylic acids is 1. The highest BCUT2D eigenvalue weighted by Gasteiger charge is 2.17. The molecule has 5 heteroatoms. The van der Waals surface area contributed by atoms with Gasteiger partial charge in [0.2, 0.25) is 5.91 Å². The molecule has 1 unspecified atom stereocenters. The SMILES string of the molecule is O=C(CC1CCCN1)NCCc1cccc(C(=O)O)c1. The van der Waals surface area contributed by atoms with Gasteiger partial charge in [0.15, 0.2) is 0 Å². The van der Waals surface area contributed by atoms with Gasteiger partial charge in [0, 0.05) is 19.0 Å². The maximum Gasteiger partial charge on any atom is 0.335 e. The third-order valence-corrected chi connectivity index (χ3v) is 3.50. The number of carbonyl (C=O) groups is 2. The summed E-state index contributed by atoms with van der Waals surface area (Å²) in [6, 6.07) is 7.12. The molecule has 1 atom stereocenters. The van der Waals surface area contributed by atoms with Crippen molar-refractivity contribution < 1.29 is 14.7 Å². The maximum absolute atomic E-state index is 11.7. The minimum Gasteiger partial charge on any atom is -0.478 e. The second-order valence-corrected chi connectivity index (χ2v) is 5.10. The van der Waals surface area contributed by atoms with E-state index in [0.29, 0.717) is 25.4 Å². The number of rotatable bonds is 6. The molecular formula is C15H20N2O3. The van der Waals surface area contributed by atoms with E-state index in [1.54, 1.807) is 18.2 Å². The Hall–Kier alpha value is -1.88. The van der Waals surface area contributed by atoms with Gasteiger partial charge in [-0.15, -0.1) is 0 Å². The van der Waals surface area contributed by atoms with Crippen LogP contribution in [0.25, 0.3) is 0 Å². The van der Waals surface area contributed by atoms with E-state index in [0.717, 1.165) is 24.9 Å². The molecule has 2 rings (SSSR count). The van der Waals surface area contributed by atoms with Crippen molar-refractivity contribution in [2.45, 2.75) is 31.7 Å². The quantitative estimate of drug-likeness (QED) is 0.729. The van der Waals surface area contributed by atoms with Gasteiger partial charge in [0.25, 0.3) is 0 Å². The monoisotopic (exact) mass is 276 g/mol. The molecule has 1 aromatic carbocycles. The Labute approximate surface area is 118 Å². The van der Waals surface area contributed by atoms with Gasteiger partial charge in [-0.05, 0) is 43.5 Å². The Morgan fingerprint density at radius 2 is 2.25 bits per heavy atom. The van der Waals surface area contributed by atoms with Crippen molar-refractivity contribution in [3.63, 3.8) is 0 Å². The summed E-state index contributed by atoms with van der Waals surface area (Å²) >= 11 is 0. The third kappa shape index (κ3) is 4.35. The number of carboxylic acid groups (broad SMARTS) is 1. The van der Waals surface area contributed by atoms with Crippen LogP contribution in [0, 0.1) is 0 Å². The highest BCUT2D eigenvalue weighted by molar-refractivity contribution is 5.87. The molecule has 0 spiro atoms. The molecule has 0 aliphatic carbocycles. The Bertz CT molecular complexity index is 482. The first-order valence-corrected chi connectivity index (χ1v) is 6.97. The summed E-state index contributed by atoms with van der Waals surface area (Å²) in [5.74, 6) is -0.873. The highest BCUT2D eigenvalue weighted by atomic mass is 16.4. The standard InChI is InChI=1S/C15H20N2O3/c18-14(10-13-5-2-7-16-13)17-8-6-11-3-1-4-12(9-11)15(19)20/h1,3-4,9,13,16H,2,5-8,10H2,(H,17,18)(H,19,20). The Balaban J connectivity index is 1.73. The van der Waals surface area contributed by atoms with Gasteiger partial charge in [0.1, 0.15) is 0 Å². The number of carboxylic acids is 1. The summed E-state index contributed by atoms with van der Waals surface area (Å²) < 4.78 is 0. The first kappa shape index (κ1) is 14.5. The molecule has 1 aliphatic rings. The Morgan fingerprint density at radius 1 is 1.40 bits per heavy atom. The summed E-state index contributed by atoms with van der Waals surface area (Å²) in [6.45, 7) is 1.54. The molecule has 1 fully saturated rings. The lowest BCUT2D eigenvalue weighted by molar-refractivity contribution is -0.121. The summed E-state index contributed by atoms with van der Waals surface area (Å²) in [6.07, 6.45) is 3.37. The van der Waals surface area contributed by atoms with E-state index in [1.165, 1.54) is 0 Å². The van der Waals surface area contributed by atoms with Crippen LogP contribution >= 0.6 is 0 Å². The molecule has 1 aromatic rings. The molecule has 1 aliphatic heterocycles. The minimum absolute atomic E-state index is 0.0544. The highest BCUT2D eigenvalue weighted by Crippen LogP contribution is 2.08. The number of hydrogen-bond acceptors (Lipinski definition) is 3. The molecule has 0 aromatic heterocycles. The Morgan fingerprint density at radius 3 is 2.95 bits per heavy atom. The van der Waals surface area contributed by atoms with Crippen LogP contribution in [0.2, 0.25) is 0 Å². The molecule has 0 bridgehead atoms. The molecule has 1 saturated heterocycles. The predicted octanol–water partition coefficient (Wildman–Crippen LogP) is 1.19. The predicted molar refractivity (Wildman–Crippen MR) is 75.8 cm³/mol. The van der Waals surface area contributed by atoms with Gasteiger partial charge in [-0.1, -0.05) is 12.1 Å². The summed E-state index contributed by atoms with van der Waals surface area (Å²) in [4.78, 5) is 22.6. The van der Waals surface area contributed by atoms with Gasteiger partial charge >= 0.3 is 5.97 Å². The van der Waals surface area contributed by atoms with Gasteiger partial charge < -0.3 is 15.7 Å². The molecule has 20 heavy (non-hydrogen) atoms. The van der Waals surface area contributed by atoms with Crippen molar-refractivity contribution in [2.24, 2.45) is 0 Å². The van der Waals surface area contributed by atoms with Crippen LogP contribution in [0.3, 0.4) is 0 Å². The van der Waals surface area contributed by atoms with Crippen LogP contribution in [0.5, 0.6) is 0 Å². The van der Waals surface area contributed by atoms with E-state index in [9.17, 15) is 9.59 Å². The number of hydrogen-bond donors (Lipinski definition) is 3. The largest absolute Gasteiger partial charge is 0.478 e. The van der Waals surface area contributed by atoms with E-state index in [2.05, 4.69) is 10.6 Å². The fourth-order valence-corrected chi connectivity index (χ4v) is 2.43. The molecule has 0 radical (unpaired) electrons. The molecule has 0 saturated carbocycles. The van der Waals surface area contributed by atoms with Crippen LogP contribution in [-0.2, 0) is 11.2 Å². The van der Waals surface area contributed by atoms with E-state index in [1.807, 2.05) is 6.07 Å². The van der Waals surface area contributed by atoms with E-state index in [-0.39, 0.29) is 11.5 Å². The number of nitrogens with one attached hydrogen (secondary N) is 2. The molecule has 1 heterocycles. The molecule has 1 amide bonds. The lowest BCUT2D eigenvalue weighted by atomic mass is 10.1. The summed E-state index contributed by atoms with van der Waals surface area (Å²) in [7, 11) is 0. The normalized spacial score (nSPS) is 17.9. The third-order valence-electron chi connectivity index (χ3n) is 3.50. The van der Waals surface area contributed by atoms with Gasteiger partial charge in [-0.25, -0.2) is 4.79 Å². The van der Waals surface area contributed by atoms with Gasteiger partial charge in [-0.3, -0.25) is 4.79 Å². The second kappa shape index (κ2) is 7.05. The maximum atomic E-state index is 11.7. The van der Waals surface area contributed by atoms with Gasteiger partial charge in [-0.2, -0.15) is 0 Å². The number of aromatic carboxylic acids is 1. The fraction of sp³-hybridized carbons (Fsp3) is 0.467. The number of amides is 1. The van der Waals surface area contributed by atoms with Crippen LogP contribution in [0.15, 0.2) is 24.3 Å². The number of benzene rings is 1. The van der Waals surface area contributed by atoms with Crippen molar-refractivity contribution in [3.8, 4) is 0 Å². The lowest BCUT2D eigenvalue weighted by Crippen LogP contribution is -2.32. The average Bonchev–Trinajstić information content (AvgIpc) is 2.92. The van der Waals surface area contributed by atoms with Crippen LogP contribution < -0.4 is 10.6 Å². The van der Waals surface area contributed by atoms with Crippen LogP contribution in [0.1, 0.15) is 35.2 Å². The Kier molecular flexibility index (Phi) is 5.12. The van der Waals surface area contributed by atoms with Crippen molar-refractivity contribution in [1.29, 1.82) is 0 Å². The first-order chi connectivity index (χ1) is 9.65. The molecular weight excluding hydrogens is 256 g/mol. The molecule has 3 N–H and O–H groups in total. The fourth-order valence-electron chi connectivity index (χ4n) is 2.43. The average molecular weight is 276 g/mol.